The van der Waals surface area contributed by atoms with Gasteiger partial charge in [-0.2, -0.15) is 0 Å². The lowest BCUT2D eigenvalue weighted by atomic mass is 9.95. The van der Waals surface area contributed by atoms with Gasteiger partial charge in [-0.05, 0) is 55.6 Å². The van der Waals surface area contributed by atoms with Crippen molar-refractivity contribution in [3.63, 3.8) is 0 Å². The Balaban J connectivity index is 1.31. The minimum absolute atomic E-state index is 0.0621. The number of nitrogens with one attached hydrogen (secondary N) is 2. The lowest BCUT2D eigenvalue weighted by molar-refractivity contribution is -0.123. The molecule has 1 heterocycles. The van der Waals surface area contributed by atoms with Crippen LogP contribution in [0, 0.1) is 0 Å². The maximum atomic E-state index is 12.8. The Morgan fingerprint density at radius 2 is 1.68 bits per heavy atom. The van der Waals surface area contributed by atoms with E-state index in [1.165, 1.54) is 0 Å². The highest BCUT2D eigenvalue weighted by molar-refractivity contribution is 7.92. The Labute approximate surface area is 183 Å². The second kappa shape index (κ2) is 9.38. The van der Waals surface area contributed by atoms with Crippen LogP contribution in [-0.4, -0.2) is 58.6 Å². The number of nitrogens with zero attached hydrogens (tertiary/aromatic N) is 1. The number of benzene rings is 2. The molecule has 7 nitrogen and oxygen atoms in total. The van der Waals surface area contributed by atoms with E-state index in [1.807, 2.05) is 12.1 Å². The van der Waals surface area contributed by atoms with E-state index < -0.39 is 15.4 Å². The standard InChI is InChI=1S/C23H29N3O4S/c27-22(24-13-4-14-26-15-17-30-18-16-26)23(11-12-23)19-7-9-20(10-8-19)25-31(28,29)21-5-2-1-3-6-21/h1-3,5-10,25H,4,11-18H2,(H,24,27). The first-order valence-electron chi connectivity index (χ1n) is 10.8. The summed E-state index contributed by atoms with van der Waals surface area (Å²) in [6.07, 6.45) is 2.55. The molecular weight excluding hydrogens is 414 g/mol. The Hall–Kier alpha value is -2.42. The van der Waals surface area contributed by atoms with Gasteiger partial charge in [0.1, 0.15) is 0 Å². The number of rotatable bonds is 9. The van der Waals surface area contributed by atoms with Crippen molar-refractivity contribution >= 4 is 21.6 Å². The Morgan fingerprint density at radius 3 is 2.32 bits per heavy atom. The molecule has 0 spiro atoms. The van der Waals surface area contributed by atoms with Crippen molar-refractivity contribution in [3.8, 4) is 0 Å². The van der Waals surface area contributed by atoms with Gasteiger partial charge in [-0.3, -0.25) is 14.4 Å². The third kappa shape index (κ3) is 5.26. The number of anilines is 1. The molecule has 2 N–H and O–H groups in total. The number of carbonyl (C=O) groups is 1. The first kappa shape index (κ1) is 21.8. The smallest absolute Gasteiger partial charge is 0.261 e. The van der Waals surface area contributed by atoms with Gasteiger partial charge in [0.05, 0.1) is 23.5 Å². The first-order valence-corrected chi connectivity index (χ1v) is 12.2. The third-order valence-electron chi connectivity index (χ3n) is 5.97. The average molecular weight is 444 g/mol. The fraction of sp³-hybridized carbons (Fsp3) is 0.435. The molecule has 0 atom stereocenters. The van der Waals surface area contributed by atoms with Gasteiger partial charge in [-0.25, -0.2) is 8.42 Å². The number of hydrogen-bond acceptors (Lipinski definition) is 5. The molecule has 1 aliphatic heterocycles. The quantitative estimate of drug-likeness (QED) is 0.581. The van der Waals surface area contributed by atoms with Crippen LogP contribution in [0.3, 0.4) is 0 Å². The van der Waals surface area contributed by atoms with Gasteiger partial charge < -0.3 is 10.1 Å². The van der Waals surface area contributed by atoms with Crippen LogP contribution in [0.5, 0.6) is 0 Å². The topological polar surface area (TPSA) is 87.7 Å². The largest absolute Gasteiger partial charge is 0.379 e. The third-order valence-corrected chi connectivity index (χ3v) is 7.37. The molecule has 2 aromatic carbocycles. The molecule has 8 heteroatoms. The molecule has 2 fully saturated rings. The molecule has 31 heavy (non-hydrogen) atoms. The summed E-state index contributed by atoms with van der Waals surface area (Å²) in [5.41, 5.74) is 0.936. The zero-order valence-electron chi connectivity index (χ0n) is 17.5. The van der Waals surface area contributed by atoms with Crippen molar-refractivity contribution in [1.29, 1.82) is 0 Å². The molecule has 0 bridgehead atoms. The normalized spacial score (nSPS) is 18.3. The van der Waals surface area contributed by atoms with E-state index in [4.69, 9.17) is 4.74 Å². The molecule has 0 unspecified atom stereocenters. The van der Waals surface area contributed by atoms with Gasteiger partial charge in [0.2, 0.25) is 5.91 Å². The summed E-state index contributed by atoms with van der Waals surface area (Å²) in [7, 11) is -3.63. The van der Waals surface area contributed by atoms with Crippen LogP contribution in [-0.2, 0) is 25.0 Å². The fourth-order valence-corrected chi connectivity index (χ4v) is 5.02. The van der Waals surface area contributed by atoms with Gasteiger partial charge in [-0.15, -0.1) is 0 Å². The van der Waals surface area contributed by atoms with Gasteiger partial charge in [0, 0.05) is 25.3 Å². The van der Waals surface area contributed by atoms with Gasteiger partial charge in [0.25, 0.3) is 10.0 Å². The van der Waals surface area contributed by atoms with Gasteiger partial charge in [0.15, 0.2) is 0 Å². The molecule has 2 aromatic rings. The van der Waals surface area contributed by atoms with E-state index in [0.29, 0.717) is 12.2 Å². The maximum Gasteiger partial charge on any atom is 0.261 e. The highest BCUT2D eigenvalue weighted by Crippen LogP contribution is 2.48. The van der Waals surface area contributed by atoms with Gasteiger partial charge in [-0.1, -0.05) is 30.3 Å². The number of hydrogen-bond donors (Lipinski definition) is 2. The highest BCUT2D eigenvalue weighted by atomic mass is 32.2. The summed E-state index contributed by atoms with van der Waals surface area (Å²) in [6.45, 7) is 5.11. The number of morpholine rings is 1. The summed E-state index contributed by atoms with van der Waals surface area (Å²) in [5, 5.41) is 3.09. The van der Waals surface area contributed by atoms with Crippen LogP contribution in [0.1, 0.15) is 24.8 Å². The Morgan fingerprint density at radius 1 is 1.00 bits per heavy atom. The van der Waals surface area contributed by atoms with Crippen LogP contribution in [0.25, 0.3) is 0 Å². The summed E-state index contributed by atoms with van der Waals surface area (Å²) < 4.78 is 32.9. The lowest BCUT2D eigenvalue weighted by Crippen LogP contribution is -2.39. The van der Waals surface area contributed by atoms with Crippen molar-refractivity contribution in [2.24, 2.45) is 0 Å². The number of sulfonamides is 1. The van der Waals surface area contributed by atoms with Crippen LogP contribution in [0.2, 0.25) is 0 Å². The van der Waals surface area contributed by atoms with Crippen molar-refractivity contribution in [2.45, 2.75) is 29.6 Å². The zero-order chi connectivity index (χ0) is 21.7. The minimum Gasteiger partial charge on any atom is -0.379 e. The number of carbonyl (C=O) groups excluding carboxylic acids is 1. The zero-order valence-corrected chi connectivity index (χ0v) is 18.4. The molecule has 1 amide bonds. The SMILES string of the molecule is O=C(NCCCN1CCOCC1)C1(c2ccc(NS(=O)(=O)c3ccccc3)cc2)CC1. The summed E-state index contributed by atoms with van der Waals surface area (Å²) in [6, 6.07) is 15.4. The lowest BCUT2D eigenvalue weighted by Gasteiger charge is -2.26. The summed E-state index contributed by atoms with van der Waals surface area (Å²) >= 11 is 0. The molecule has 1 saturated carbocycles. The molecule has 2 aliphatic rings. The predicted molar refractivity (Wildman–Crippen MR) is 119 cm³/mol. The van der Waals surface area contributed by atoms with E-state index in [1.54, 1.807) is 42.5 Å². The average Bonchev–Trinajstić information content (AvgIpc) is 3.60. The molecule has 166 valence electrons. The fourth-order valence-electron chi connectivity index (χ4n) is 3.94. The summed E-state index contributed by atoms with van der Waals surface area (Å²) in [5.74, 6) is 0.0621. The monoisotopic (exact) mass is 443 g/mol. The molecule has 0 radical (unpaired) electrons. The van der Waals surface area contributed by atoms with E-state index >= 15 is 0 Å². The van der Waals surface area contributed by atoms with E-state index in [-0.39, 0.29) is 10.8 Å². The van der Waals surface area contributed by atoms with Crippen molar-refractivity contribution in [1.82, 2.24) is 10.2 Å². The highest BCUT2D eigenvalue weighted by Gasteiger charge is 2.51. The van der Waals surface area contributed by atoms with Crippen LogP contribution in [0.15, 0.2) is 59.5 Å². The van der Waals surface area contributed by atoms with Crippen molar-refractivity contribution in [3.05, 3.63) is 60.2 Å². The van der Waals surface area contributed by atoms with Crippen LogP contribution >= 0.6 is 0 Å². The predicted octanol–water partition coefficient (Wildman–Crippen LogP) is 2.36. The minimum atomic E-state index is -3.63. The van der Waals surface area contributed by atoms with Crippen molar-refractivity contribution in [2.75, 3.05) is 44.1 Å². The van der Waals surface area contributed by atoms with E-state index in [2.05, 4.69) is 14.9 Å². The van der Waals surface area contributed by atoms with Crippen LogP contribution < -0.4 is 10.0 Å². The first-order chi connectivity index (χ1) is 15.0. The maximum absolute atomic E-state index is 12.8. The van der Waals surface area contributed by atoms with Crippen LogP contribution in [0.4, 0.5) is 5.69 Å². The molecule has 0 aromatic heterocycles. The van der Waals surface area contributed by atoms with E-state index in [9.17, 15) is 13.2 Å². The number of amides is 1. The number of ether oxygens (including phenoxy) is 1. The molecule has 1 aliphatic carbocycles. The molecule has 4 rings (SSSR count). The Kier molecular flexibility index (Phi) is 6.60. The second-order valence-corrected chi connectivity index (χ2v) is 9.82. The molecule has 1 saturated heterocycles. The van der Waals surface area contributed by atoms with E-state index in [0.717, 1.165) is 57.7 Å². The molecular formula is C23H29N3O4S. The Bertz CT molecular complexity index is 983. The second-order valence-electron chi connectivity index (χ2n) is 8.14. The van der Waals surface area contributed by atoms with Crippen molar-refractivity contribution < 1.29 is 17.9 Å². The van der Waals surface area contributed by atoms with Gasteiger partial charge >= 0.3 is 0 Å². The summed E-state index contributed by atoms with van der Waals surface area (Å²) in [4.78, 5) is 15.4.